The first-order valence-corrected chi connectivity index (χ1v) is 13.1. The Balaban J connectivity index is 1.27. The smallest absolute Gasteiger partial charge is 0.350 e. The Labute approximate surface area is 211 Å². The number of hydrogen-bond acceptors (Lipinski definition) is 3. The van der Waals surface area contributed by atoms with Crippen LogP contribution in [0.15, 0.2) is 24.3 Å². The number of rotatable bonds is 3. The first-order valence-electron chi connectivity index (χ1n) is 12.8. The van der Waals surface area contributed by atoms with E-state index in [1.165, 1.54) is 19.3 Å². The van der Waals surface area contributed by atoms with E-state index in [1.807, 2.05) is 12.1 Å². The summed E-state index contributed by atoms with van der Waals surface area (Å²) in [5, 5.41) is 6.95. The fraction of sp³-hybridized carbons (Fsp3) is 0.519. The van der Waals surface area contributed by atoms with E-state index < -0.39 is 17.8 Å². The van der Waals surface area contributed by atoms with Gasteiger partial charge in [0, 0.05) is 17.7 Å². The van der Waals surface area contributed by atoms with E-state index in [9.17, 15) is 18.0 Å². The number of carbonyl (C=O) groups is 1. The number of alkyl halides is 3. The lowest BCUT2D eigenvalue weighted by Gasteiger charge is -2.56. The topological polar surface area (TPSA) is 59.3 Å². The number of nitrogens with one attached hydrogen (secondary N) is 1. The van der Waals surface area contributed by atoms with Crippen LogP contribution < -0.4 is 5.32 Å². The van der Waals surface area contributed by atoms with Crippen molar-refractivity contribution >= 4 is 23.2 Å². The Kier molecular flexibility index (Phi) is 4.83. The van der Waals surface area contributed by atoms with Crippen LogP contribution in [0.25, 0.3) is 16.9 Å². The summed E-state index contributed by atoms with van der Waals surface area (Å²) < 4.78 is 43.8. The number of fused-ring (bicyclic) bond motifs is 4. The zero-order valence-electron chi connectivity index (χ0n) is 19.7. The van der Waals surface area contributed by atoms with Crippen LogP contribution in [-0.4, -0.2) is 27.0 Å². The predicted molar refractivity (Wildman–Crippen MR) is 129 cm³/mol. The van der Waals surface area contributed by atoms with E-state index in [0.29, 0.717) is 18.5 Å². The normalized spacial score (nSPS) is 28.3. The third kappa shape index (κ3) is 3.40. The van der Waals surface area contributed by atoms with E-state index in [-0.39, 0.29) is 39.5 Å². The zero-order valence-corrected chi connectivity index (χ0v) is 20.4. The van der Waals surface area contributed by atoms with Crippen LogP contribution in [0.4, 0.5) is 13.2 Å². The lowest BCUT2D eigenvalue weighted by molar-refractivity contribution is -0.143. The number of benzene rings is 1. The third-order valence-corrected chi connectivity index (χ3v) is 9.34. The van der Waals surface area contributed by atoms with Crippen molar-refractivity contribution in [1.29, 1.82) is 0 Å². The summed E-state index contributed by atoms with van der Waals surface area (Å²) in [6.45, 7) is 0.517. The minimum Gasteiger partial charge on any atom is -0.350 e. The van der Waals surface area contributed by atoms with Gasteiger partial charge in [-0.15, -0.1) is 0 Å². The van der Waals surface area contributed by atoms with Crippen molar-refractivity contribution < 1.29 is 18.0 Å². The van der Waals surface area contributed by atoms with Crippen LogP contribution in [0.2, 0.25) is 5.02 Å². The molecule has 1 amide bonds. The summed E-state index contributed by atoms with van der Waals surface area (Å²) in [6.07, 6.45) is 3.22. The third-order valence-electron chi connectivity index (χ3n) is 9.00. The summed E-state index contributed by atoms with van der Waals surface area (Å²) in [4.78, 5) is 17.8. The minimum absolute atomic E-state index is 0.0911. The summed E-state index contributed by atoms with van der Waals surface area (Å²) in [5.41, 5.74) is 0.811. The van der Waals surface area contributed by atoms with Gasteiger partial charge in [0.15, 0.2) is 17.0 Å². The number of aromatic nitrogens is 3. The molecule has 0 unspecified atom stereocenters. The number of carbonyl (C=O) groups excluding carboxylic acids is 1. The maximum atomic E-state index is 14.4. The van der Waals surface area contributed by atoms with E-state index in [1.54, 1.807) is 12.1 Å². The first kappa shape index (κ1) is 22.6. The van der Waals surface area contributed by atoms with Gasteiger partial charge < -0.3 is 5.32 Å². The molecule has 0 radical (unpaired) electrons. The van der Waals surface area contributed by atoms with Gasteiger partial charge in [-0.05, 0) is 80.1 Å². The fourth-order valence-corrected chi connectivity index (χ4v) is 8.28. The highest BCUT2D eigenvalue weighted by molar-refractivity contribution is 6.36. The molecule has 5 aliphatic rings. The van der Waals surface area contributed by atoms with Crippen LogP contribution in [0.3, 0.4) is 0 Å². The number of nitrogens with zero attached hydrogens (tertiary/aromatic N) is 3. The molecule has 3 aromatic rings. The number of amides is 1. The van der Waals surface area contributed by atoms with Crippen LogP contribution in [-0.2, 0) is 19.0 Å². The standard InChI is InChI=1S/C27H26ClF3N4O/c28-20-22(25(36)32-13-26-10-14-7-15(11-26)9-16(8-14)12-26)34-35-23(27(29,30)31)19-6-5-17-3-1-2-4-18(17)21(19)33-24(20)35/h1-4,14-16H,5-13H2,(H,32,36). The maximum Gasteiger partial charge on any atom is 0.433 e. The Morgan fingerprint density at radius 1 is 1.08 bits per heavy atom. The van der Waals surface area contributed by atoms with Gasteiger partial charge in [0.25, 0.3) is 5.91 Å². The monoisotopic (exact) mass is 514 g/mol. The van der Waals surface area contributed by atoms with E-state index >= 15 is 0 Å². The van der Waals surface area contributed by atoms with E-state index in [4.69, 9.17) is 11.6 Å². The Morgan fingerprint density at radius 3 is 2.42 bits per heavy atom. The second kappa shape index (κ2) is 7.70. The molecule has 4 bridgehead atoms. The Hall–Kier alpha value is -2.61. The molecule has 0 spiro atoms. The van der Waals surface area contributed by atoms with Gasteiger partial charge in [0.05, 0.1) is 5.69 Å². The molecule has 4 saturated carbocycles. The molecule has 1 N–H and O–H groups in total. The van der Waals surface area contributed by atoms with Crippen molar-refractivity contribution in [2.45, 2.75) is 57.5 Å². The second-order valence-electron chi connectivity index (χ2n) is 11.4. The molecule has 188 valence electrons. The van der Waals surface area contributed by atoms with Crippen LogP contribution in [0.1, 0.15) is 65.8 Å². The van der Waals surface area contributed by atoms with Crippen molar-refractivity contribution in [3.8, 4) is 11.3 Å². The van der Waals surface area contributed by atoms with Gasteiger partial charge in [-0.2, -0.15) is 18.3 Å². The van der Waals surface area contributed by atoms with Crippen molar-refractivity contribution in [2.24, 2.45) is 23.2 Å². The predicted octanol–water partition coefficient (Wildman–Crippen LogP) is 6.11. The van der Waals surface area contributed by atoms with Gasteiger partial charge in [-0.1, -0.05) is 35.9 Å². The molecule has 8 rings (SSSR count). The van der Waals surface area contributed by atoms with Crippen LogP contribution in [0.5, 0.6) is 0 Å². The molecule has 2 aromatic heterocycles. The lowest BCUT2D eigenvalue weighted by Crippen LogP contribution is -2.51. The highest BCUT2D eigenvalue weighted by Crippen LogP contribution is 2.59. The maximum absolute atomic E-state index is 14.4. The molecule has 4 fully saturated rings. The van der Waals surface area contributed by atoms with Crippen molar-refractivity contribution in [3.05, 3.63) is 51.8 Å². The molecule has 1 aromatic carbocycles. The van der Waals surface area contributed by atoms with Crippen molar-refractivity contribution in [3.63, 3.8) is 0 Å². The summed E-state index contributed by atoms with van der Waals surface area (Å²) in [5.74, 6) is 1.67. The molecule has 2 heterocycles. The van der Waals surface area contributed by atoms with Crippen molar-refractivity contribution in [1.82, 2.24) is 19.9 Å². The van der Waals surface area contributed by atoms with Gasteiger partial charge in [0.2, 0.25) is 0 Å². The molecule has 5 nitrogen and oxygen atoms in total. The van der Waals surface area contributed by atoms with Crippen LogP contribution in [0, 0.1) is 23.2 Å². The van der Waals surface area contributed by atoms with Gasteiger partial charge in [0.1, 0.15) is 5.02 Å². The average molecular weight is 515 g/mol. The Bertz CT molecular complexity index is 1380. The largest absolute Gasteiger partial charge is 0.433 e. The van der Waals surface area contributed by atoms with E-state index in [0.717, 1.165) is 47.1 Å². The highest BCUT2D eigenvalue weighted by atomic mass is 35.5. The molecule has 36 heavy (non-hydrogen) atoms. The number of hydrogen-bond donors (Lipinski definition) is 1. The molecular formula is C27H26ClF3N4O. The van der Waals surface area contributed by atoms with Crippen LogP contribution >= 0.6 is 11.6 Å². The SMILES string of the molecule is O=C(NCC12CC3CC(CC(C3)C1)C2)c1nn2c(C(F)(F)F)c3c(nc2c1Cl)-c1ccccc1CC3. The molecule has 9 heteroatoms. The number of halogens is 4. The Morgan fingerprint density at radius 2 is 1.75 bits per heavy atom. The summed E-state index contributed by atoms with van der Waals surface area (Å²) in [7, 11) is 0. The highest BCUT2D eigenvalue weighted by Gasteiger charge is 2.51. The molecule has 0 saturated heterocycles. The van der Waals surface area contributed by atoms with Gasteiger partial charge in [-0.25, -0.2) is 9.50 Å². The lowest BCUT2D eigenvalue weighted by atomic mass is 9.49. The average Bonchev–Trinajstić information content (AvgIpc) is 3.15. The zero-order chi connectivity index (χ0) is 24.8. The summed E-state index contributed by atoms with van der Waals surface area (Å²) >= 11 is 6.52. The molecule has 0 atom stereocenters. The fourth-order valence-electron chi connectivity index (χ4n) is 8.04. The number of aryl methyl sites for hydroxylation is 1. The van der Waals surface area contributed by atoms with Crippen molar-refractivity contribution in [2.75, 3.05) is 6.54 Å². The first-order chi connectivity index (χ1) is 17.2. The quantitative estimate of drug-likeness (QED) is 0.458. The van der Waals surface area contributed by atoms with E-state index in [2.05, 4.69) is 15.4 Å². The minimum atomic E-state index is -4.68. The van der Waals surface area contributed by atoms with Gasteiger partial charge in [-0.3, -0.25) is 4.79 Å². The molecule has 0 aliphatic heterocycles. The molecule has 5 aliphatic carbocycles. The molecular weight excluding hydrogens is 489 g/mol. The van der Waals surface area contributed by atoms with Gasteiger partial charge >= 0.3 is 6.18 Å². The summed E-state index contributed by atoms with van der Waals surface area (Å²) in [6, 6.07) is 7.33. The second-order valence-corrected chi connectivity index (χ2v) is 11.8.